The number of carbonyl (C=O) groups is 1. The van der Waals surface area contributed by atoms with Gasteiger partial charge in [0.05, 0.1) is 48.4 Å². The van der Waals surface area contributed by atoms with Crippen LogP contribution in [0.3, 0.4) is 0 Å². The Hall–Kier alpha value is -3.28. The first kappa shape index (κ1) is 26.8. The second kappa shape index (κ2) is 10.6. The lowest BCUT2D eigenvalue weighted by Crippen LogP contribution is -2.44. The fourth-order valence-electron chi connectivity index (χ4n) is 4.70. The fraction of sp³-hybridized carbons (Fsp3) is 0.500. The Morgan fingerprint density at radius 3 is 2.54 bits per heavy atom. The number of aromatic nitrogens is 2. The molecule has 2 aliphatic rings. The van der Waals surface area contributed by atoms with E-state index >= 15 is 0 Å². The largest absolute Gasteiger partial charge is 0.481 e. The minimum absolute atomic E-state index is 0.115. The van der Waals surface area contributed by atoms with Crippen molar-refractivity contribution in [1.82, 2.24) is 9.97 Å². The highest BCUT2D eigenvalue weighted by Gasteiger charge is 2.48. The number of piperidine rings is 1. The van der Waals surface area contributed by atoms with Crippen LogP contribution in [-0.2, 0) is 4.79 Å². The maximum Gasteiger partial charge on any atom is 0.431 e. The predicted molar refractivity (Wildman–Crippen MR) is 132 cm³/mol. The maximum atomic E-state index is 13.4. The molecule has 2 aromatic heterocycles. The number of aliphatic carboxylic acids is 1. The first-order valence-electron chi connectivity index (χ1n) is 11.7. The van der Waals surface area contributed by atoms with Gasteiger partial charge in [-0.15, -0.1) is 0 Å². The van der Waals surface area contributed by atoms with Crippen LogP contribution in [0.5, 0.6) is 11.8 Å². The zero-order valence-corrected chi connectivity index (χ0v) is 21.2. The molecule has 37 heavy (non-hydrogen) atoms. The lowest BCUT2D eigenvalue weighted by molar-refractivity contribution is -0.137. The molecule has 0 spiro atoms. The van der Waals surface area contributed by atoms with Crippen molar-refractivity contribution in [3.05, 3.63) is 35.6 Å². The summed E-state index contributed by atoms with van der Waals surface area (Å²) >= 11 is 6.34. The second-order valence-corrected chi connectivity index (χ2v) is 9.59. The molecule has 13 heteroatoms. The number of hydrazone groups is 1. The Morgan fingerprint density at radius 2 is 1.95 bits per heavy atom. The van der Waals surface area contributed by atoms with Gasteiger partial charge in [-0.1, -0.05) is 25.4 Å². The Morgan fingerprint density at radius 1 is 1.22 bits per heavy atom. The third kappa shape index (κ3) is 5.84. The van der Waals surface area contributed by atoms with E-state index in [-0.39, 0.29) is 17.7 Å². The first-order chi connectivity index (χ1) is 17.5. The van der Waals surface area contributed by atoms with Gasteiger partial charge in [-0.3, -0.25) is 9.80 Å². The van der Waals surface area contributed by atoms with Crippen molar-refractivity contribution in [2.24, 2.45) is 16.9 Å². The normalized spacial score (nSPS) is 24.1. The van der Waals surface area contributed by atoms with E-state index in [1.807, 2.05) is 6.92 Å². The van der Waals surface area contributed by atoms with Gasteiger partial charge in [0.15, 0.2) is 0 Å². The third-order valence-electron chi connectivity index (χ3n) is 6.66. The number of anilines is 2. The molecular formula is C24H27ClF3N5O4. The Bertz CT molecular complexity index is 1160. The number of methoxy groups -OCH3 is 1. The van der Waals surface area contributed by atoms with E-state index in [2.05, 4.69) is 20.0 Å². The molecule has 4 rings (SSSR count). The van der Waals surface area contributed by atoms with Crippen LogP contribution in [0.15, 0.2) is 35.7 Å². The van der Waals surface area contributed by atoms with Crippen molar-refractivity contribution < 1.29 is 32.5 Å². The third-order valence-corrected chi connectivity index (χ3v) is 6.95. The number of pyridine rings is 2. The summed E-state index contributed by atoms with van der Waals surface area (Å²) in [6.45, 7) is 4.73. The maximum absolute atomic E-state index is 13.4. The topological polar surface area (TPSA) is 100 Å². The molecule has 1 fully saturated rings. The number of ether oxygens (including phenoxy) is 2. The molecule has 2 aliphatic heterocycles. The van der Waals surface area contributed by atoms with Gasteiger partial charge >= 0.3 is 12.1 Å². The van der Waals surface area contributed by atoms with Gasteiger partial charge in [-0.05, 0) is 6.07 Å². The van der Waals surface area contributed by atoms with Gasteiger partial charge in [0.1, 0.15) is 11.8 Å². The van der Waals surface area contributed by atoms with Crippen LogP contribution in [0.2, 0.25) is 5.02 Å². The van der Waals surface area contributed by atoms with Crippen LogP contribution in [0.1, 0.15) is 26.7 Å². The molecule has 2 aromatic rings. The zero-order valence-electron chi connectivity index (χ0n) is 20.4. The molecular weight excluding hydrogens is 515 g/mol. The Labute approximate surface area is 216 Å². The van der Waals surface area contributed by atoms with Crippen molar-refractivity contribution in [2.45, 2.75) is 45.0 Å². The van der Waals surface area contributed by atoms with E-state index in [4.69, 9.17) is 21.1 Å². The van der Waals surface area contributed by atoms with E-state index < -0.39 is 36.2 Å². The number of carboxylic acid groups (broad SMARTS) is 1. The van der Waals surface area contributed by atoms with Crippen LogP contribution in [0.4, 0.5) is 24.5 Å². The number of halogens is 4. The number of carboxylic acids is 1. The van der Waals surface area contributed by atoms with Gasteiger partial charge in [0.2, 0.25) is 11.8 Å². The number of alkyl halides is 3. The summed E-state index contributed by atoms with van der Waals surface area (Å²) in [7, 11) is 1.54. The summed E-state index contributed by atoms with van der Waals surface area (Å²) in [6, 6.07) is 3.91. The minimum Gasteiger partial charge on any atom is -0.481 e. The van der Waals surface area contributed by atoms with Crippen molar-refractivity contribution in [3.63, 3.8) is 0 Å². The van der Waals surface area contributed by atoms with Gasteiger partial charge in [0, 0.05) is 43.5 Å². The monoisotopic (exact) mass is 541 g/mol. The standard InChI is InChI=1S/C24H27ClF3N5O4/c1-13-12-32(18-8-21(36-3)30-11-16(18)25)7-6-19(13)37-20-5-4-15(10-29-20)33-17(9-22(34)35)14(2)23(31-33)24(26,27)28/h4-5,8,10-11,13-14,17,19H,6-7,9,12H2,1-3H3,(H,34,35)/t13?,14-,17-,19?/m0/s1. The van der Waals surface area contributed by atoms with E-state index in [0.717, 1.165) is 10.7 Å². The summed E-state index contributed by atoms with van der Waals surface area (Å²) in [6.07, 6.45) is -1.70. The quantitative estimate of drug-likeness (QED) is 0.541. The summed E-state index contributed by atoms with van der Waals surface area (Å²) in [5, 5.41) is 14.5. The average molecular weight is 542 g/mol. The fourth-order valence-corrected chi connectivity index (χ4v) is 4.92. The molecule has 0 aliphatic carbocycles. The summed E-state index contributed by atoms with van der Waals surface area (Å²) in [4.78, 5) is 21.8. The zero-order chi connectivity index (χ0) is 26.9. The average Bonchev–Trinajstić information content (AvgIpc) is 3.17. The molecule has 0 amide bonds. The van der Waals surface area contributed by atoms with Crippen molar-refractivity contribution in [2.75, 3.05) is 30.1 Å². The minimum atomic E-state index is -4.65. The van der Waals surface area contributed by atoms with Gasteiger partial charge < -0.3 is 19.5 Å². The molecule has 4 heterocycles. The molecule has 1 saturated heterocycles. The van der Waals surface area contributed by atoms with Crippen LogP contribution in [0.25, 0.3) is 0 Å². The summed E-state index contributed by atoms with van der Waals surface area (Å²) in [5.41, 5.74) is 0.0799. The smallest absolute Gasteiger partial charge is 0.431 e. The van der Waals surface area contributed by atoms with Crippen molar-refractivity contribution in [3.8, 4) is 11.8 Å². The highest BCUT2D eigenvalue weighted by Crippen LogP contribution is 2.37. The molecule has 0 saturated carbocycles. The lowest BCUT2D eigenvalue weighted by atomic mass is 9.94. The van der Waals surface area contributed by atoms with Crippen LogP contribution < -0.4 is 19.4 Å². The predicted octanol–water partition coefficient (Wildman–Crippen LogP) is 4.65. The summed E-state index contributed by atoms with van der Waals surface area (Å²) < 4.78 is 51.5. The van der Waals surface area contributed by atoms with E-state index in [0.29, 0.717) is 36.3 Å². The summed E-state index contributed by atoms with van der Waals surface area (Å²) in [5.74, 6) is -1.41. The van der Waals surface area contributed by atoms with Crippen LogP contribution >= 0.6 is 11.6 Å². The van der Waals surface area contributed by atoms with Gasteiger partial charge in [-0.25, -0.2) is 9.97 Å². The molecule has 200 valence electrons. The number of hydrogen-bond acceptors (Lipinski definition) is 8. The highest BCUT2D eigenvalue weighted by molar-refractivity contribution is 6.33. The van der Waals surface area contributed by atoms with Crippen LogP contribution in [-0.4, -0.2) is 65.3 Å². The van der Waals surface area contributed by atoms with E-state index in [1.165, 1.54) is 19.2 Å². The second-order valence-electron chi connectivity index (χ2n) is 9.18. The first-order valence-corrected chi connectivity index (χ1v) is 12.1. The van der Waals surface area contributed by atoms with Gasteiger partial charge in [-0.2, -0.15) is 18.3 Å². The Balaban J connectivity index is 1.44. The highest BCUT2D eigenvalue weighted by atomic mass is 35.5. The molecule has 0 radical (unpaired) electrons. The SMILES string of the molecule is COc1cc(N2CCC(Oc3ccc(N4N=C(C(F)(F)F)[C@@H](C)[C@@H]4CC(=O)O)cn3)C(C)C2)c(Cl)cn1. The number of rotatable bonds is 7. The molecule has 9 nitrogen and oxygen atoms in total. The van der Waals surface area contributed by atoms with Crippen molar-refractivity contribution >= 4 is 34.7 Å². The van der Waals surface area contributed by atoms with E-state index in [9.17, 15) is 23.1 Å². The Kier molecular flexibility index (Phi) is 7.67. The lowest BCUT2D eigenvalue weighted by Gasteiger charge is -2.38. The van der Waals surface area contributed by atoms with Crippen LogP contribution in [0, 0.1) is 11.8 Å². The molecule has 4 atom stereocenters. The van der Waals surface area contributed by atoms with Crippen molar-refractivity contribution in [1.29, 1.82) is 0 Å². The molecule has 2 unspecified atom stereocenters. The molecule has 1 N–H and O–H groups in total. The number of hydrogen-bond donors (Lipinski definition) is 1. The molecule has 0 aromatic carbocycles. The molecule has 0 bridgehead atoms. The number of nitrogens with zero attached hydrogens (tertiary/aromatic N) is 5. The van der Waals surface area contributed by atoms with Gasteiger partial charge in [0.25, 0.3) is 0 Å². The van der Waals surface area contributed by atoms with E-state index in [1.54, 1.807) is 25.4 Å².